The van der Waals surface area contributed by atoms with Gasteiger partial charge >= 0.3 is 0 Å². The van der Waals surface area contributed by atoms with Crippen LogP contribution >= 0.6 is 0 Å². The number of carbonyl (C=O) groups excluding carboxylic acids is 1. The molecule has 0 spiro atoms. The van der Waals surface area contributed by atoms with E-state index < -0.39 is 0 Å². The summed E-state index contributed by atoms with van der Waals surface area (Å²) < 4.78 is 2.02. The van der Waals surface area contributed by atoms with Crippen LogP contribution in [0.3, 0.4) is 0 Å². The van der Waals surface area contributed by atoms with E-state index in [9.17, 15) is 4.79 Å². The second-order valence-corrected chi connectivity index (χ2v) is 11.3. The van der Waals surface area contributed by atoms with Gasteiger partial charge < -0.3 is 0 Å². The lowest BCUT2D eigenvalue weighted by molar-refractivity contribution is -0.116. The molecule has 1 aliphatic heterocycles. The van der Waals surface area contributed by atoms with Gasteiger partial charge in [0.15, 0.2) is 5.78 Å². The van der Waals surface area contributed by atoms with Gasteiger partial charge in [-0.25, -0.2) is 9.67 Å². The maximum atomic E-state index is 13.8. The van der Waals surface area contributed by atoms with Crippen LogP contribution in [0.1, 0.15) is 101 Å². The minimum Gasteiger partial charge on any atom is -0.294 e. The highest BCUT2D eigenvalue weighted by atomic mass is 16.1. The molecule has 4 nitrogen and oxygen atoms in total. The molecule has 4 heteroatoms. The number of allylic oxidation sites excluding steroid dienone is 3. The summed E-state index contributed by atoms with van der Waals surface area (Å²) in [5, 5.41) is 4.66. The zero-order valence-electron chi connectivity index (χ0n) is 23.1. The summed E-state index contributed by atoms with van der Waals surface area (Å²) in [7, 11) is 0. The van der Waals surface area contributed by atoms with Crippen LogP contribution in [0.4, 0.5) is 0 Å². The van der Waals surface area contributed by atoms with E-state index >= 15 is 0 Å². The first-order chi connectivity index (χ1) is 18.5. The Morgan fingerprint density at radius 2 is 1.79 bits per heavy atom. The molecule has 1 fully saturated rings. The molecule has 1 aromatic heterocycles. The second-order valence-electron chi connectivity index (χ2n) is 11.3. The van der Waals surface area contributed by atoms with Gasteiger partial charge in [0.1, 0.15) is 12.2 Å². The van der Waals surface area contributed by atoms with E-state index in [1.165, 1.54) is 55.2 Å². The molecule has 2 aliphatic rings. The van der Waals surface area contributed by atoms with Gasteiger partial charge in [-0.15, -0.1) is 0 Å². The largest absolute Gasteiger partial charge is 0.294 e. The number of hydrogen-bond donors (Lipinski definition) is 0. The van der Waals surface area contributed by atoms with Crippen LogP contribution in [-0.4, -0.2) is 20.5 Å². The number of benzene rings is 2. The zero-order valence-corrected chi connectivity index (χ0v) is 23.1. The van der Waals surface area contributed by atoms with E-state index in [1.807, 2.05) is 11.6 Å². The average molecular weight is 508 g/mol. The van der Waals surface area contributed by atoms with Gasteiger partial charge in [0.25, 0.3) is 0 Å². The molecular weight excluding hydrogens is 466 g/mol. The van der Waals surface area contributed by atoms with Crippen molar-refractivity contribution >= 4 is 17.1 Å². The number of hydrogen-bond acceptors (Lipinski definition) is 3. The third kappa shape index (κ3) is 5.75. The van der Waals surface area contributed by atoms with Crippen LogP contribution < -0.4 is 0 Å². The third-order valence-corrected chi connectivity index (χ3v) is 8.48. The molecule has 0 radical (unpaired) electrons. The number of ketones is 1. The Balaban J connectivity index is 1.40. The summed E-state index contributed by atoms with van der Waals surface area (Å²) in [6.07, 6.45) is 13.6. The quantitative estimate of drug-likeness (QED) is 0.291. The average Bonchev–Trinajstić information content (AvgIpc) is 3.40. The van der Waals surface area contributed by atoms with Crippen molar-refractivity contribution < 1.29 is 4.79 Å². The van der Waals surface area contributed by atoms with Crippen molar-refractivity contribution in [2.45, 2.75) is 90.4 Å². The lowest BCUT2D eigenvalue weighted by Crippen LogP contribution is -2.13. The lowest BCUT2D eigenvalue weighted by atomic mass is 9.82. The summed E-state index contributed by atoms with van der Waals surface area (Å²) in [6, 6.07) is 17.1. The van der Waals surface area contributed by atoms with Crippen molar-refractivity contribution in [3.8, 4) is 11.1 Å². The van der Waals surface area contributed by atoms with Gasteiger partial charge in [0, 0.05) is 24.3 Å². The first-order valence-electron chi connectivity index (χ1n) is 14.5. The number of Topliss-reactive ketones (excluding diaryl/α,β-unsaturated/α-hetero) is 1. The van der Waals surface area contributed by atoms with E-state index in [-0.39, 0.29) is 11.7 Å². The molecule has 2 heterocycles. The van der Waals surface area contributed by atoms with Crippen molar-refractivity contribution in [2.24, 2.45) is 5.92 Å². The van der Waals surface area contributed by atoms with Crippen LogP contribution in [0.25, 0.3) is 22.4 Å². The summed E-state index contributed by atoms with van der Waals surface area (Å²) in [5.41, 5.74) is 7.70. The van der Waals surface area contributed by atoms with Gasteiger partial charge in [-0.2, -0.15) is 5.10 Å². The Hall–Kier alpha value is -3.27. The summed E-state index contributed by atoms with van der Waals surface area (Å²) in [4.78, 5) is 18.5. The molecule has 0 saturated heterocycles. The highest BCUT2D eigenvalue weighted by molar-refractivity contribution is 6.01. The fraction of sp³-hybridized carbons (Fsp3) is 0.441. The fourth-order valence-corrected chi connectivity index (χ4v) is 6.42. The predicted molar refractivity (Wildman–Crippen MR) is 157 cm³/mol. The van der Waals surface area contributed by atoms with Crippen molar-refractivity contribution in [1.82, 2.24) is 14.8 Å². The Morgan fingerprint density at radius 3 is 2.53 bits per heavy atom. The molecule has 0 bridgehead atoms. The molecular formula is C34H41N3O. The molecule has 198 valence electrons. The SMILES string of the molecule is C=C(C)c1ccccc1-c1ccc(CC2=C(CCC)n3ncnc3C(CCC3CCCCC3)CC2=O)cc1. The Morgan fingerprint density at radius 1 is 1.03 bits per heavy atom. The van der Waals surface area contributed by atoms with Gasteiger partial charge in [0.05, 0.1) is 5.70 Å². The first-order valence-corrected chi connectivity index (χ1v) is 14.5. The van der Waals surface area contributed by atoms with E-state index in [4.69, 9.17) is 4.98 Å². The number of fused-ring (bicyclic) bond motifs is 1. The van der Waals surface area contributed by atoms with Gasteiger partial charge in [0.2, 0.25) is 0 Å². The van der Waals surface area contributed by atoms with Crippen molar-refractivity contribution in [3.05, 3.63) is 84.0 Å². The maximum Gasteiger partial charge on any atom is 0.161 e. The van der Waals surface area contributed by atoms with E-state index in [2.05, 4.69) is 67.1 Å². The number of aromatic nitrogens is 3. The minimum absolute atomic E-state index is 0.150. The van der Waals surface area contributed by atoms with Gasteiger partial charge in [-0.1, -0.05) is 106 Å². The smallest absolute Gasteiger partial charge is 0.161 e. The summed E-state index contributed by atoms with van der Waals surface area (Å²) in [6.45, 7) is 8.37. The molecule has 0 N–H and O–H groups in total. The van der Waals surface area contributed by atoms with Crippen molar-refractivity contribution in [3.63, 3.8) is 0 Å². The first kappa shape index (κ1) is 26.3. The number of rotatable bonds is 9. The van der Waals surface area contributed by atoms with Crippen molar-refractivity contribution in [2.75, 3.05) is 0 Å². The Bertz CT molecular complexity index is 1310. The predicted octanol–water partition coefficient (Wildman–Crippen LogP) is 8.65. The maximum absolute atomic E-state index is 13.8. The molecule has 1 aliphatic carbocycles. The number of carbonyl (C=O) groups is 1. The second kappa shape index (κ2) is 12.1. The molecule has 0 amide bonds. The number of nitrogens with zero attached hydrogens (tertiary/aromatic N) is 3. The topological polar surface area (TPSA) is 47.8 Å². The minimum atomic E-state index is 0.150. The summed E-state index contributed by atoms with van der Waals surface area (Å²) in [5.74, 6) is 2.21. The highest BCUT2D eigenvalue weighted by Crippen LogP contribution is 2.37. The molecule has 1 atom stereocenters. The van der Waals surface area contributed by atoms with Crippen LogP contribution in [0.5, 0.6) is 0 Å². The molecule has 5 rings (SSSR count). The molecule has 38 heavy (non-hydrogen) atoms. The summed E-state index contributed by atoms with van der Waals surface area (Å²) >= 11 is 0. The van der Waals surface area contributed by atoms with Crippen LogP contribution in [0.15, 0.2) is 67.0 Å². The zero-order chi connectivity index (χ0) is 26.5. The standard InChI is InChI=1S/C34H41N3O/c1-4-10-32-31(21-26-16-18-27(19-17-26)30-14-9-8-13-29(30)24(2)3)33(38)22-28(34-35-23-36-37(32)34)20-15-25-11-6-5-7-12-25/h8-9,13-14,16-19,23,25,28H,2,4-7,10-12,15,20-22H2,1,3H3. The Kier molecular flexibility index (Phi) is 8.36. The molecule has 3 aromatic rings. The van der Waals surface area contributed by atoms with Gasteiger partial charge in [-0.05, 0) is 54.4 Å². The third-order valence-electron chi connectivity index (χ3n) is 8.48. The lowest BCUT2D eigenvalue weighted by Gasteiger charge is -2.23. The highest BCUT2D eigenvalue weighted by Gasteiger charge is 2.31. The molecule has 1 saturated carbocycles. The normalized spacial score (nSPS) is 18.4. The van der Waals surface area contributed by atoms with Crippen LogP contribution in [0.2, 0.25) is 0 Å². The monoisotopic (exact) mass is 507 g/mol. The Labute approximate surface area is 227 Å². The van der Waals surface area contributed by atoms with Crippen molar-refractivity contribution in [1.29, 1.82) is 0 Å². The fourth-order valence-electron chi connectivity index (χ4n) is 6.42. The molecule has 2 aromatic carbocycles. The van der Waals surface area contributed by atoms with E-state index in [0.29, 0.717) is 12.8 Å². The van der Waals surface area contributed by atoms with Gasteiger partial charge in [-0.3, -0.25) is 4.79 Å². The van der Waals surface area contributed by atoms with Crippen LogP contribution in [-0.2, 0) is 11.2 Å². The molecule has 1 unspecified atom stereocenters. The van der Waals surface area contributed by atoms with E-state index in [1.54, 1.807) is 6.33 Å². The van der Waals surface area contributed by atoms with E-state index in [0.717, 1.165) is 53.4 Å². The van der Waals surface area contributed by atoms with Crippen LogP contribution in [0, 0.1) is 5.92 Å².